The third-order valence-corrected chi connectivity index (χ3v) is 4.84. The van der Waals surface area contributed by atoms with Crippen LogP contribution in [-0.4, -0.2) is 31.6 Å². The molecule has 2 nitrogen and oxygen atoms in total. The Balaban J connectivity index is 1.69. The first kappa shape index (κ1) is 13.1. The zero-order chi connectivity index (χ0) is 13.1. The second kappa shape index (κ2) is 6.06. The quantitative estimate of drug-likeness (QED) is 0.896. The molecule has 2 fully saturated rings. The summed E-state index contributed by atoms with van der Waals surface area (Å²) in [6.07, 6.45) is 6.64. The summed E-state index contributed by atoms with van der Waals surface area (Å²) in [7, 11) is 2.24. The fourth-order valence-corrected chi connectivity index (χ4v) is 3.59. The lowest BCUT2D eigenvalue weighted by molar-refractivity contribution is 0.218. The highest BCUT2D eigenvalue weighted by atomic mass is 15.1. The first-order valence-electron chi connectivity index (χ1n) is 7.82. The molecule has 0 radical (unpaired) electrons. The van der Waals surface area contributed by atoms with Gasteiger partial charge in [0, 0.05) is 6.04 Å². The lowest BCUT2D eigenvalue weighted by Crippen LogP contribution is -2.31. The van der Waals surface area contributed by atoms with Crippen LogP contribution in [0.5, 0.6) is 0 Å². The molecule has 1 atom stereocenters. The monoisotopic (exact) mass is 258 g/mol. The molecule has 2 aliphatic heterocycles. The molecule has 2 heteroatoms. The van der Waals surface area contributed by atoms with Crippen molar-refractivity contribution in [1.82, 2.24) is 10.2 Å². The van der Waals surface area contributed by atoms with Gasteiger partial charge in [0.1, 0.15) is 0 Å². The van der Waals surface area contributed by atoms with Gasteiger partial charge in [0.15, 0.2) is 0 Å². The summed E-state index contributed by atoms with van der Waals surface area (Å²) < 4.78 is 0. The second-order valence-electron chi connectivity index (χ2n) is 6.30. The van der Waals surface area contributed by atoms with Crippen molar-refractivity contribution in [1.29, 1.82) is 0 Å². The van der Waals surface area contributed by atoms with E-state index >= 15 is 0 Å². The maximum absolute atomic E-state index is 3.65. The van der Waals surface area contributed by atoms with Gasteiger partial charge in [0.2, 0.25) is 0 Å². The van der Waals surface area contributed by atoms with Crippen molar-refractivity contribution in [3.05, 3.63) is 35.4 Å². The predicted molar refractivity (Wildman–Crippen MR) is 80.3 cm³/mol. The van der Waals surface area contributed by atoms with Gasteiger partial charge in [0.05, 0.1) is 0 Å². The van der Waals surface area contributed by atoms with Crippen LogP contribution in [0.1, 0.15) is 42.9 Å². The number of hydrogen-bond acceptors (Lipinski definition) is 2. The molecule has 2 heterocycles. The van der Waals surface area contributed by atoms with E-state index in [2.05, 4.69) is 41.5 Å². The molecule has 2 saturated heterocycles. The van der Waals surface area contributed by atoms with E-state index in [4.69, 9.17) is 0 Å². The molecule has 104 valence electrons. The summed E-state index contributed by atoms with van der Waals surface area (Å²) in [5, 5.41) is 3.65. The number of rotatable bonds is 3. The lowest BCUT2D eigenvalue weighted by atomic mass is 9.87. The lowest BCUT2D eigenvalue weighted by Gasteiger charge is -2.29. The van der Waals surface area contributed by atoms with E-state index in [0.29, 0.717) is 6.04 Å². The average Bonchev–Trinajstić information content (AvgIpc) is 2.96. The number of hydrogen-bond donors (Lipinski definition) is 1. The van der Waals surface area contributed by atoms with E-state index in [9.17, 15) is 0 Å². The predicted octanol–water partition coefficient (Wildman–Crippen LogP) is 3.00. The fourth-order valence-electron chi connectivity index (χ4n) is 3.59. The van der Waals surface area contributed by atoms with Crippen LogP contribution in [-0.2, 0) is 6.42 Å². The Kier molecular flexibility index (Phi) is 4.19. The summed E-state index contributed by atoms with van der Waals surface area (Å²) in [6, 6.07) is 9.72. The van der Waals surface area contributed by atoms with E-state index in [0.717, 1.165) is 5.92 Å². The van der Waals surface area contributed by atoms with Crippen LogP contribution in [0.25, 0.3) is 0 Å². The summed E-state index contributed by atoms with van der Waals surface area (Å²) in [6.45, 7) is 3.73. The molecule has 1 aromatic rings. The van der Waals surface area contributed by atoms with Crippen molar-refractivity contribution in [2.24, 2.45) is 5.92 Å². The third kappa shape index (κ3) is 3.18. The number of nitrogens with zero attached hydrogens (tertiary/aromatic N) is 1. The van der Waals surface area contributed by atoms with Crippen LogP contribution >= 0.6 is 0 Å². The maximum atomic E-state index is 3.65. The molecule has 0 aromatic heterocycles. The summed E-state index contributed by atoms with van der Waals surface area (Å²) in [5.41, 5.74) is 3.16. The highest BCUT2D eigenvalue weighted by Gasteiger charge is 2.22. The Morgan fingerprint density at radius 1 is 1.16 bits per heavy atom. The molecule has 2 aliphatic rings. The van der Waals surface area contributed by atoms with Crippen LogP contribution in [0.15, 0.2) is 24.3 Å². The van der Waals surface area contributed by atoms with Gasteiger partial charge in [-0.1, -0.05) is 24.3 Å². The van der Waals surface area contributed by atoms with Crippen molar-refractivity contribution in [3.63, 3.8) is 0 Å². The van der Waals surface area contributed by atoms with Crippen molar-refractivity contribution in [3.8, 4) is 0 Å². The Morgan fingerprint density at radius 3 is 2.68 bits per heavy atom. The van der Waals surface area contributed by atoms with Gasteiger partial charge >= 0.3 is 0 Å². The minimum absolute atomic E-state index is 0.613. The standard InChI is InChI=1S/C17H26N2/c1-19-11-8-14(9-12-19)13-15-5-2-3-6-16(15)17-7-4-10-18-17/h2-3,5-6,14,17-18H,4,7-13H2,1H3. The van der Waals surface area contributed by atoms with Gasteiger partial charge < -0.3 is 10.2 Å². The van der Waals surface area contributed by atoms with Crippen molar-refractivity contribution >= 4 is 0 Å². The van der Waals surface area contributed by atoms with Gasteiger partial charge in [-0.3, -0.25) is 0 Å². The topological polar surface area (TPSA) is 15.3 Å². The highest BCUT2D eigenvalue weighted by Crippen LogP contribution is 2.29. The zero-order valence-corrected chi connectivity index (χ0v) is 12.1. The first-order chi connectivity index (χ1) is 9.33. The van der Waals surface area contributed by atoms with Crippen LogP contribution in [0.4, 0.5) is 0 Å². The van der Waals surface area contributed by atoms with Crippen molar-refractivity contribution in [2.75, 3.05) is 26.7 Å². The largest absolute Gasteiger partial charge is 0.310 e. The van der Waals surface area contributed by atoms with Crippen molar-refractivity contribution < 1.29 is 0 Å². The van der Waals surface area contributed by atoms with Crippen LogP contribution in [0.3, 0.4) is 0 Å². The van der Waals surface area contributed by atoms with E-state index in [1.807, 2.05) is 0 Å². The second-order valence-corrected chi connectivity index (χ2v) is 6.30. The van der Waals surface area contributed by atoms with Gasteiger partial charge in [-0.25, -0.2) is 0 Å². The number of benzene rings is 1. The van der Waals surface area contributed by atoms with Crippen LogP contribution in [0.2, 0.25) is 0 Å². The normalized spacial score (nSPS) is 25.8. The summed E-state index contributed by atoms with van der Waals surface area (Å²) in [4.78, 5) is 2.46. The van der Waals surface area contributed by atoms with Crippen molar-refractivity contribution in [2.45, 2.75) is 38.1 Å². The van der Waals surface area contributed by atoms with Gasteiger partial charge in [-0.15, -0.1) is 0 Å². The fraction of sp³-hybridized carbons (Fsp3) is 0.647. The smallest absolute Gasteiger partial charge is 0.0323 e. The van der Waals surface area contributed by atoms with Gasteiger partial charge in [-0.2, -0.15) is 0 Å². The SMILES string of the molecule is CN1CCC(Cc2ccccc2C2CCCN2)CC1. The zero-order valence-electron chi connectivity index (χ0n) is 12.1. The number of likely N-dealkylation sites (tertiary alicyclic amines) is 1. The van der Waals surface area contributed by atoms with E-state index in [-0.39, 0.29) is 0 Å². The molecule has 1 N–H and O–H groups in total. The Morgan fingerprint density at radius 2 is 1.95 bits per heavy atom. The molecule has 0 aliphatic carbocycles. The first-order valence-corrected chi connectivity index (χ1v) is 7.82. The van der Waals surface area contributed by atoms with E-state index < -0.39 is 0 Å². The van der Waals surface area contributed by atoms with E-state index in [1.54, 1.807) is 11.1 Å². The molecule has 19 heavy (non-hydrogen) atoms. The van der Waals surface area contributed by atoms with Crippen LogP contribution in [0, 0.1) is 5.92 Å². The van der Waals surface area contributed by atoms with Gasteiger partial charge in [-0.05, 0) is 75.8 Å². The third-order valence-electron chi connectivity index (χ3n) is 4.84. The molecular weight excluding hydrogens is 232 g/mol. The molecule has 1 unspecified atom stereocenters. The maximum Gasteiger partial charge on any atom is 0.0323 e. The van der Waals surface area contributed by atoms with Crippen LogP contribution < -0.4 is 5.32 Å². The Bertz CT molecular complexity index is 401. The number of piperidine rings is 1. The number of nitrogens with one attached hydrogen (secondary N) is 1. The van der Waals surface area contributed by atoms with E-state index in [1.165, 1.54) is 51.7 Å². The Labute approximate surface area is 117 Å². The summed E-state index contributed by atoms with van der Waals surface area (Å²) in [5.74, 6) is 0.888. The molecule has 0 bridgehead atoms. The average molecular weight is 258 g/mol. The molecule has 0 spiro atoms. The molecule has 1 aromatic carbocycles. The highest BCUT2D eigenvalue weighted by molar-refractivity contribution is 5.31. The molecule has 0 amide bonds. The molecule has 3 rings (SSSR count). The minimum atomic E-state index is 0.613. The minimum Gasteiger partial charge on any atom is -0.310 e. The summed E-state index contributed by atoms with van der Waals surface area (Å²) >= 11 is 0. The Hall–Kier alpha value is -0.860. The molecular formula is C17H26N2. The molecule has 0 saturated carbocycles. The van der Waals surface area contributed by atoms with Gasteiger partial charge in [0.25, 0.3) is 0 Å².